The van der Waals surface area contributed by atoms with Crippen molar-refractivity contribution in [2.24, 2.45) is 0 Å². The van der Waals surface area contributed by atoms with Gasteiger partial charge in [-0.05, 0) is 13.2 Å². The molecule has 0 spiro atoms. The number of rotatable bonds is 5. The number of nitrogens with one attached hydrogen (secondary N) is 1. The maximum absolute atomic E-state index is 11.6. The van der Waals surface area contributed by atoms with Crippen LogP contribution in [0.5, 0.6) is 0 Å². The number of carbonyl (C=O) groups excluding carboxylic acids is 1. The predicted octanol–water partition coefficient (Wildman–Crippen LogP) is 0.805. The van der Waals surface area contributed by atoms with Crippen molar-refractivity contribution >= 4 is 23.7 Å². The quantitative estimate of drug-likeness (QED) is 0.617. The first-order valence-electron chi connectivity index (χ1n) is 5.20. The van der Waals surface area contributed by atoms with Gasteiger partial charge in [0.15, 0.2) is 11.0 Å². The van der Waals surface area contributed by atoms with Gasteiger partial charge in [0.25, 0.3) is 0 Å². The average molecular weight is 267 g/mol. The molecule has 0 aliphatic rings. The highest BCUT2D eigenvalue weighted by Gasteiger charge is 2.26. The van der Waals surface area contributed by atoms with Crippen molar-refractivity contribution in [1.82, 2.24) is 15.0 Å². The molecule has 0 aliphatic carbocycles. The Balaban J connectivity index is 3.13. The highest BCUT2D eigenvalue weighted by molar-refractivity contribution is 7.98. The Morgan fingerprint density at radius 1 is 1.56 bits per heavy atom. The number of nitrogens with zero attached hydrogens (tertiary/aromatic N) is 4. The van der Waals surface area contributed by atoms with Crippen LogP contribution < -0.4 is 5.32 Å². The number of ether oxygens (including phenoxy) is 1. The minimum absolute atomic E-state index is 0.0969. The number of thioether (sulfide) groups is 1. The predicted molar refractivity (Wildman–Crippen MR) is 66.1 cm³/mol. The fraction of sp³-hybridized carbons (Fsp3) is 0.500. The van der Waals surface area contributed by atoms with Crippen LogP contribution in [0.4, 0.5) is 5.95 Å². The molecule has 1 rings (SSSR count). The van der Waals surface area contributed by atoms with Gasteiger partial charge in [0.2, 0.25) is 11.9 Å². The van der Waals surface area contributed by atoms with E-state index in [0.29, 0.717) is 11.1 Å². The molecule has 0 aliphatic heterocycles. The fourth-order valence-corrected chi connectivity index (χ4v) is 1.51. The number of anilines is 1. The van der Waals surface area contributed by atoms with Gasteiger partial charge in [-0.1, -0.05) is 11.8 Å². The molecule has 18 heavy (non-hydrogen) atoms. The number of hydrogen-bond donors (Lipinski definition) is 1. The molecular weight excluding hydrogens is 254 g/mol. The molecule has 0 bridgehead atoms. The summed E-state index contributed by atoms with van der Waals surface area (Å²) in [6.07, 6.45) is 1.80. The summed E-state index contributed by atoms with van der Waals surface area (Å²) >= 11 is 1.30. The van der Waals surface area contributed by atoms with Crippen molar-refractivity contribution in [1.29, 1.82) is 5.26 Å². The molecular formula is C10H13N5O2S. The number of esters is 1. The summed E-state index contributed by atoms with van der Waals surface area (Å²) in [6, 6.07) is 1.84. The first-order valence-corrected chi connectivity index (χ1v) is 6.42. The molecule has 0 fully saturated rings. The van der Waals surface area contributed by atoms with Crippen molar-refractivity contribution in [3.05, 3.63) is 5.82 Å². The van der Waals surface area contributed by atoms with E-state index in [-0.39, 0.29) is 12.4 Å². The molecule has 1 aromatic heterocycles. The highest BCUT2D eigenvalue weighted by Crippen LogP contribution is 2.17. The molecule has 0 saturated carbocycles. The van der Waals surface area contributed by atoms with E-state index in [1.54, 1.807) is 20.2 Å². The van der Waals surface area contributed by atoms with Crippen molar-refractivity contribution in [3.63, 3.8) is 0 Å². The Kier molecular flexibility index (Phi) is 5.32. The van der Waals surface area contributed by atoms with E-state index >= 15 is 0 Å². The second kappa shape index (κ2) is 6.76. The Morgan fingerprint density at radius 2 is 2.28 bits per heavy atom. The second-order valence-electron chi connectivity index (χ2n) is 3.07. The number of aromatic nitrogens is 3. The third-order valence-electron chi connectivity index (χ3n) is 1.95. The molecule has 0 amide bonds. The van der Waals surface area contributed by atoms with Gasteiger partial charge < -0.3 is 10.1 Å². The van der Waals surface area contributed by atoms with E-state index in [0.717, 1.165) is 0 Å². The maximum atomic E-state index is 11.6. The molecule has 1 heterocycles. The van der Waals surface area contributed by atoms with E-state index in [2.05, 4.69) is 20.3 Å². The average Bonchev–Trinajstić information content (AvgIpc) is 2.39. The van der Waals surface area contributed by atoms with Gasteiger partial charge >= 0.3 is 5.97 Å². The zero-order valence-electron chi connectivity index (χ0n) is 10.3. The van der Waals surface area contributed by atoms with Gasteiger partial charge in [0.05, 0.1) is 12.7 Å². The van der Waals surface area contributed by atoms with Crippen LogP contribution in [-0.2, 0) is 9.53 Å². The summed E-state index contributed by atoms with van der Waals surface area (Å²) in [5, 5.41) is 12.2. The van der Waals surface area contributed by atoms with Crippen LogP contribution in [0, 0.1) is 11.3 Å². The number of hydrogen-bond acceptors (Lipinski definition) is 8. The van der Waals surface area contributed by atoms with Crippen LogP contribution in [0.2, 0.25) is 0 Å². The Bertz CT molecular complexity index is 452. The molecule has 0 radical (unpaired) electrons. The van der Waals surface area contributed by atoms with E-state index in [1.165, 1.54) is 11.8 Å². The van der Waals surface area contributed by atoms with Crippen LogP contribution >= 0.6 is 11.8 Å². The normalized spacial score (nSPS) is 11.4. The van der Waals surface area contributed by atoms with Gasteiger partial charge in [0, 0.05) is 7.05 Å². The van der Waals surface area contributed by atoms with Gasteiger partial charge in [-0.25, -0.2) is 4.98 Å². The minimum atomic E-state index is -1.13. The van der Waals surface area contributed by atoms with Crippen LogP contribution in [0.25, 0.3) is 0 Å². The van der Waals surface area contributed by atoms with Crippen molar-refractivity contribution in [3.8, 4) is 6.07 Å². The smallest absolute Gasteiger partial charge is 0.331 e. The van der Waals surface area contributed by atoms with Gasteiger partial charge in [-0.15, -0.1) is 0 Å². The van der Waals surface area contributed by atoms with Gasteiger partial charge in [0.1, 0.15) is 0 Å². The van der Waals surface area contributed by atoms with E-state index in [9.17, 15) is 4.79 Å². The first kappa shape index (κ1) is 14.2. The summed E-state index contributed by atoms with van der Waals surface area (Å²) in [5.41, 5.74) is 0. The highest BCUT2D eigenvalue weighted by atomic mass is 32.2. The summed E-state index contributed by atoms with van der Waals surface area (Å²) in [4.78, 5) is 23.7. The van der Waals surface area contributed by atoms with Gasteiger partial charge in [-0.3, -0.25) is 4.79 Å². The molecule has 1 N–H and O–H groups in total. The van der Waals surface area contributed by atoms with Crippen LogP contribution in [0.1, 0.15) is 18.7 Å². The second-order valence-corrected chi connectivity index (χ2v) is 3.84. The van der Waals surface area contributed by atoms with Crippen molar-refractivity contribution in [2.45, 2.75) is 18.0 Å². The van der Waals surface area contributed by atoms with E-state index < -0.39 is 11.9 Å². The van der Waals surface area contributed by atoms with Gasteiger partial charge in [-0.2, -0.15) is 15.2 Å². The zero-order valence-corrected chi connectivity index (χ0v) is 11.1. The third kappa shape index (κ3) is 3.30. The lowest BCUT2D eigenvalue weighted by atomic mass is 10.1. The van der Waals surface area contributed by atoms with Crippen LogP contribution in [0.15, 0.2) is 5.16 Å². The summed E-state index contributed by atoms with van der Waals surface area (Å²) < 4.78 is 4.81. The van der Waals surface area contributed by atoms with Crippen LogP contribution in [0.3, 0.4) is 0 Å². The Morgan fingerprint density at radius 3 is 2.78 bits per heavy atom. The van der Waals surface area contributed by atoms with Crippen molar-refractivity contribution < 1.29 is 9.53 Å². The topological polar surface area (TPSA) is 101 Å². The third-order valence-corrected chi connectivity index (χ3v) is 2.50. The largest absolute Gasteiger partial charge is 0.465 e. The van der Waals surface area contributed by atoms with Crippen molar-refractivity contribution in [2.75, 3.05) is 25.2 Å². The Labute approximate surface area is 109 Å². The molecule has 96 valence electrons. The van der Waals surface area contributed by atoms with E-state index in [4.69, 9.17) is 10.00 Å². The number of carbonyl (C=O) groups is 1. The molecule has 1 aromatic rings. The lowest BCUT2D eigenvalue weighted by Crippen LogP contribution is -2.18. The SMILES string of the molecule is CCOC(=O)C(C#N)c1nc(NC)nc(SC)n1. The summed E-state index contributed by atoms with van der Waals surface area (Å²) in [6.45, 7) is 1.88. The summed E-state index contributed by atoms with van der Waals surface area (Å²) in [5.74, 6) is -1.38. The molecule has 1 atom stereocenters. The fourth-order valence-electron chi connectivity index (χ4n) is 1.15. The van der Waals surface area contributed by atoms with Crippen LogP contribution in [-0.4, -0.2) is 40.8 Å². The zero-order chi connectivity index (χ0) is 13.5. The summed E-state index contributed by atoms with van der Waals surface area (Å²) in [7, 11) is 1.65. The maximum Gasteiger partial charge on any atom is 0.331 e. The Hall–Kier alpha value is -1.88. The monoisotopic (exact) mass is 267 g/mol. The standard InChI is InChI=1S/C10H13N5O2S/c1-4-17-8(16)6(5-11)7-13-9(12-2)15-10(14-7)18-3/h6H,4H2,1-3H3,(H,12,13,14,15). The van der Waals surface area contributed by atoms with E-state index in [1.807, 2.05) is 6.07 Å². The molecule has 0 aromatic carbocycles. The molecule has 7 nitrogen and oxygen atoms in total. The lowest BCUT2D eigenvalue weighted by Gasteiger charge is -2.09. The molecule has 1 unspecified atom stereocenters. The minimum Gasteiger partial charge on any atom is -0.465 e. The molecule has 0 saturated heterocycles. The first-order chi connectivity index (χ1) is 8.65. The molecule has 8 heteroatoms. The lowest BCUT2D eigenvalue weighted by molar-refractivity contribution is -0.143. The number of nitriles is 1.